The normalized spacial score (nSPS) is 10.7. The van der Waals surface area contributed by atoms with E-state index in [-0.39, 0.29) is 0 Å². The number of hydrogen-bond donors (Lipinski definition) is 0. The van der Waals surface area contributed by atoms with Crippen LogP contribution in [0.3, 0.4) is 0 Å². The van der Waals surface area contributed by atoms with Gasteiger partial charge >= 0.3 is 0 Å². The fraction of sp³-hybridized carbons (Fsp3) is 0.333. The number of rotatable bonds is 3. The molecule has 0 spiro atoms. The van der Waals surface area contributed by atoms with Crippen molar-refractivity contribution in [3.8, 4) is 11.4 Å². The first kappa shape index (κ1) is 13.0. The van der Waals surface area contributed by atoms with Crippen LogP contribution >= 0.6 is 11.6 Å². The third-order valence-corrected chi connectivity index (χ3v) is 3.15. The summed E-state index contributed by atoms with van der Waals surface area (Å²) in [5.41, 5.74) is 4.46. The molecule has 0 radical (unpaired) electrons. The molecule has 2 nitrogen and oxygen atoms in total. The van der Waals surface area contributed by atoms with E-state index < -0.39 is 0 Å². The fourth-order valence-electron chi connectivity index (χ4n) is 2.13. The van der Waals surface area contributed by atoms with Gasteiger partial charge in [-0.05, 0) is 37.5 Å². The third-order valence-electron chi connectivity index (χ3n) is 2.96. The van der Waals surface area contributed by atoms with Crippen LogP contribution in [0.2, 0.25) is 5.15 Å². The molecule has 0 amide bonds. The van der Waals surface area contributed by atoms with Crippen molar-refractivity contribution in [2.75, 3.05) is 0 Å². The molecule has 0 aliphatic heterocycles. The lowest BCUT2D eigenvalue weighted by molar-refractivity contribution is 0.875. The summed E-state index contributed by atoms with van der Waals surface area (Å²) in [5, 5.41) is 0.520. The van der Waals surface area contributed by atoms with Gasteiger partial charge in [-0.2, -0.15) is 0 Å². The second-order valence-corrected chi connectivity index (χ2v) is 4.91. The highest BCUT2D eigenvalue weighted by Crippen LogP contribution is 2.25. The summed E-state index contributed by atoms with van der Waals surface area (Å²) < 4.78 is 0. The van der Waals surface area contributed by atoms with E-state index in [0.717, 1.165) is 29.9 Å². The van der Waals surface area contributed by atoms with Crippen LogP contribution in [0.25, 0.3) is 11.4 Å². The minimum atomic E-state index is 0.520. The van der Waals surface area contributed by atoms with Gasteiger partial charge in [-0.1, -0.05) is 43.1 Å². The standard InChI is InChI=1S/C15H17ClN2/c1-4-6-12-9-13(16)18-15(17-12)14-10(2)7-5-8-11(14)3/h5,7-9H,4,6H2,1-3H3. The Morgan fingerprint density at radius 1 is 1.11 bits per heavy atom. The van der Waals surface area contributed by atoms with E-state index in [1.165, 1.54) is 11.1 Å². The SMILES string of the molecule is CCCc1cc(Cl)nc(-c2c(C)cccc2C)n1. The van der Waals surface area contributed by atoms with E-state index >= 15 is 0 Å². The van der Waals surface area contributed by atoms with Crippen molar-refractivity contribution in [1.82, 2.24) is 9.97 Å². The van der Waals surface area contributed by atoms with Crippen molar-refractivity contribution in [3.63, 3.8) is 0 Å². The zero-order valence-electron chi connectivity index (χ0n) is 11.0. The largest absolute Gasteiger partial charge is 0.233 e. The van der Waals surface area contributed by atoms with Crippen molar-refractivity contribution in [3.05, 3.63) is 46.2 Å². The third kappa shape index (κ3) is 2.70. The second kappa shape index (κ2) is 5.49. The summed E-state index contributed by atoms with van der Waals surface area (Å²) in [4.78, 5) is 8.98. The minimum Gasteiger partial charge on any atom is -0.233 e. The van der Waals surface area contributed by atoms with E-state index in [1.54, 1.807) is 0 Å². The summed E-state index contributed by atoms with van der Waals surface area (Å²) in [6.07, 6.45) is 1.99. The molecule has 1 heterocycles. The molecule has 0 saturated carbocycles. The van der Waals surface area contributed by atoms with Crippen molar-refractivity contribution in [2.45, 2.75) is 33.6 Å². The van der Waals surface area contributed by atoms with Crippen LogP contribution in [-0.4, -0.2) is 9.97 Å². The van der Waals surface area contributed by atoms with Crippen LogP contribution in [0.15, 0.2) is 24.3 Å². The first-order valence-electron chi connectivity index (χ1n) is 6.22. The maximum Gasteiger partial charge on any atom is 0.161 e. The highest BCUT2D eigenvalue weighted by atomic mass is 35.5. The average Bonchev–Trinajstić information content (AvgIpc) is 2.28. The molecule has 1 aromatic heterocycles. The highest BCUT2D eigenvalue weighted by molar-refractivity contribution is 6.29. The van der Waals surface area contributed by atoms with E-state index in [0.29, 0.717) is 5.15 Å². The highest BCUT2D eigenvalue weighted by Gasteiger charge is 2.10. The molecule has 18 heavy (non-hydrogen) atoms. The number of aromatic nitrogens is 2. The molecule has 2 rings (SSSR count). The van der Waals surface area contributed by atoms with E-state index in [1.807, 2.05) is 12.1 Å². The van der Waals surface area contributed by atoms with Crippen LogP contribution in [0.4, 0.5) is 0 Å². The molecule has 0 fully saturated rings. The molecular weight excluding hydrogens is 244 g/mol. The van der Waals surface area contributed by atoms with Gasteiger partial charge in [0.2, 0.25) is 0 Å². The van der Waals surface area contributed by atoms with Crippen molar-refractivity contribution >= 4 is 11.6 Å². The molecule has 0 aliphatic carbocycles. The average molecular weight is 261 g/mol. The Bertz CT molecular complexity index is 544. The molecular formula is C15H17ClN2. The van der Waals surface area contributed by atoms with E-state index in [2.05, 4.69) is 42.9 Å². The molecule has 0 aliphatic rings. The zero-order valence-corrected chi connectivity index (χ0v) is 11.8. The first-order chi connectivity index (χ1) is 8.61. The molecule has 2 aromatic rings. The lowest BCUT2D eigenvalue weighted by atomic mass is 10.0. The van der Waals surface area contributed by atoms with Crippen molar-refractivity contribution in [2.24, 2.45) is 0 Å². The summed E-state index contributed by atoms with van der Waals surface area (Å²) in [6.45, 7) is 6.28. The van der Waals surface area contributed by atoms with E-state index in [4.69, 9.17) is 11.6 Å². The lowest BCUT2D eigenvalue weighted by Crippen LogP contribution is -1.99. The van der Waals surface area contributed by atoms with Crippen LogP contribution in [0, 0.1) is 13.8 Å². The maximum absolute atomic E-state index is 6.09. The number of nitrogens with zero attached hydrogens (tertiary/aromatic N) is 2. The molecule has 1 aromatic carbocycles. The van der Waals surface area contributed by atoms with Gasteiger partial charge in [-0.15, -0.1) is 0 Å². The van der Waals surface area contributed by atoms with Gasteiger partial charge < -0.3 is 0 Å². The predicted octanol–water partition coefficient (Wildman–Crippen LogP) is 4.37. The molecule has 0 unspecified atom stereocenters. The molecule has 0 bridgehead atoms. The van der Waals surface area contributed by atoms with Crippen LogP contribution in [0.1, 0.15) is 30.2 Å². The van der Waals surface area contributed by atoms with Crippen molar-refractivity contribution < 1.29 is 0 Å². The van der Waals surface area contributed by atoms with Crippen LogP contribution in [0.5, 0.6) is 0 Å². The Morgan fingerprint density at radius 3 is 2.39 bits per heavy atom. The summed E-state index contributed by atoms with van der Waals surface area (Å²) in [7, 11) is 0. The van der Waals surface area contributed by atoms with Crippen LogP contribution in [-0.2, 0) is 6.42 Å². The quantitative estimate of drug-likeness (QED) is 0.766. The maximum atomic E-state index is 6.09. The number of benzene rings is 1. The Kier molecular flexibility index (Phi) is 3.97. The first-order valence-corrected chi connectivity index (χ1v) is 6.59. The van der Waals surface area contributed by atoms with Crippen molar-refractivity contribution in [1.29, 1.82) is 0 Å². The van der Waals surface area contributed by atoms with Gasteiger partial charge in [0.25, 0.3) is 0 Å². The lowest BCUT2D eigenvalue weighted by Gasteiger charge is -2.10. The van der Waals surface area contributed by atoms with Gasteiger partial charge in [0.15, 0.2) is 5.82 Å². The number of halogens is 1. The van der Waals surface area contributed by atoms with Gasteiger partial charge in [-0.25, -0.2) is 9.97 Å². The monoisotopic (exact) mass is 260 g/mol. The number of hydrogen-bond acceptors (Lipinski definition) is 2. The summed E-state index contributed by atoms with van der Waals surface area (Å²) in [6, 6.07) is 8.05. The molecule has 0 saturated heterocycles. The summed E-state index contributed by atoms with van der Waals surface area (Å²) >= 11 is 6.09. The number of aryl methyl sites for hydroxylation is 3. The Balaban J connectivity index is 2.56. The smallest absolute Gasteiger partial charge is 0.161 e. The Morgan fingerprint density at radius 2 is 1.78 bits per heavy atom. The fourth-order valence-corrected chi connectivity index (χ4v) is 2.33. The Hall–Kier alpha value is -1.41. The topological polar surface area (TPSA) is 25.8 Å². The van der Waals surface area contributed by atoms with Gasteiger partial charge in [-0.3, -0.25) is 0 Å². The molecule has 94 valence electrons. The molecule has 0 atom stereocenters. The second-order valence-electron chi connectivity index (χ2n) is 4.52. The van der Waals surface area contributed by atoms with Gasteiger partial charge in [0, 0.05) is 11.3 Å². The Labute approximate surface area is 113 Å². The minimum absolute atomic E-state index is 0.520. The summed E-state index contributed by atoms with van der Waals surface area (Å²) in [5.74, 6) is 0.738. The van der Waals surface area contributed by atoms with Gasteiger partial charge in [0.05, 0.1) is 0 Å². The zero-order chi connectivity index (χ0) is 13.1. The van der Waals surface area contributed by atoms with Gasteiger partial charge in [0.1, 0.15) is 5.15 Å². The van der Waals surface area contributed by atoms with Crippen LogP contribution < -0.4 is 0 Å². The molecule has 3 heteroatoms. The van der Waals surface area contributed by atoms with E-state index in [9.17, 15) is 0 Å². The predicted molar refractivity (Wildman–Crippen MR) is 75.9 cm³/mol. The molecule has 0 N–H and O–H groups in total.